The topological polar surface area (TPSA) is 55.0 Å². The van der Waals surface area contributed by atoms with E-state index in [2.05, 4.69) is 6.07 Å². The largest absolute Gasteiger partial charge is 0.337 e. The van der Waals surface area contributed by atoms with E-state index < -0.39 is 0 Å². The smallest absolute Gasteiger partial charge is 0.329 e. The number of benzene rings is 1. The highest BCUT2D eigenvalue weighted by Crippen LogP contribution is 2.29. The van der Waals surface area contributed by atoms with Crippen molar-refractivity contribution < 1.29 is 9.63 Å². The van der Waals surface area contributed by atoms with Gasteiger partial charge in [0.2, 0.25) is 0 Å². The summed E-state index contributed by atoms with van der Waals surface area (Å²) in [5.74, 6) is -0.368. The van der Waals surface area contributed by atoms with E-state index in [4.69, 9.17) is 10.1 Å². The first-order chi connectivity index (χ1) is 8.82. The molecule has 1 aromatic heterocycles. The molecule has 0 spiro atoms. The SMILES string of the molecule is CC(=O)On1c(C(C)(C)C)cc2cc(C#N)ccc21. The quantitative estimate of drug-likeness (QED) is 0.788. The molecule has 4 nitrogen and oxygen atoms in total. The number of fused-ring (bicyclic) bond motifs is 1. The van der Waals surface area contributed by atoms with E-state index in [0.717, 1.165) is 16.6 Å². The molecule has 0 radical (unpaired) electrons. The summed E-state index contributed by atoms with van der Waals surface area (Å²) >= 11 is 0. The van der Waals surface area contributed by atoms with Gasteiger partial charge in [0.05, 0.1) is 22.8 Å². The van der Waals surface area contributed by atoms with Crippen LogP contribution in [-0.4, -0.2) is 10.7 Å². The van der Waals surface area contributed by atoms with Crippen LogP contribution in [0, 0.1) is 11.3 Å². The molecule has 0 bridgehead atoms. The summed E-state index contributed by atoms with van der Waals surface area (Å²) in [6.45, 7) is 7.52. The zero-order chi connectivity index (χ0) is 14.2. The number of aromatic nitrogens is 1. The maximum Gasteiger partial charge on any atom is 0.329 e. The van der Waals surface area contributed by atoms with Gasteiger partial charge in [0, 0.05) is 17.7 Å². The van der Waals surface area contributed by atoms with Gasteiger partial charge in [0.25, 0.3) is 0 Å². The molecule has 0 fully saturated rings. The highest BCUT2D eigenvalue weighted by Gasteiger charge is 2.23. The van der Waals surface area contributed by atoms with Crippen LogP contribution < -0.4 is 4.84 Å². The van der Waals surface area contributed by atoms with Crippen LogP contribution in [0.4, 0.5) is 0 Å². The van der Waals surface area contributed by atoms with Crippen molar-refractivity contribution in [3.63, 3.8) is 0 Å². The van der Waals surface area contributed by atoms with Crippen LogP contribution >= 0.6 is 0 Å². The molecule has 0 amide bonds. The number of nitriles is 1. The molecule has 1 aromatic carbocycles. The molecule has 4 heteroatoms. The monoisotopic (exact) mass is 256 g/mol. The van der Waals surface area contributed by atoms with Crippen LogP contribution in [0.25, 0.3) is 10.9 Å². The Hall–Kier alpha value is -2.28. The van der Waals surface area contributed by atoms with Gasteiger partial charge in [-0.25, -0.2) is 4.79 Å². The van der Waals surface area contributed by atoms with Crippen molar-refractivity contribution in [1.82, 2.24) is 4.73 Å². The summed E-state index contributed by atoms with van der Waals surface area (Å²) in [6, 6.07) is 9.38. The van der Waals surface area contributed by atoms with E-state index >= 15 is 0 Å². The first-order valence-electron chi connectivity index (χ1n) is 6.08. The van der Waals surface area contributed by atoms with Gasteiger partial charge in [0.1, 0.15) is 0 Å². The van der Waals surface area contributed by atoms with Crippen LogP contribution in [0.5, 0.6) is 0 Å². The van der Waals surface area contributed by atoms with Crippen LogP contribution in [0.2, 0.25) is 0 Å². The number of nitrogens with zero attached hydrogens (tertiary/aromatic N) is 2. The normalized spacial score (nSPS) is 11.3. The Morgan fingerprint density at radius 2 is 2.00 bits per heavy atom. The second kappa shape index (κ2) is 4.43. The Morgan fingerprint density at radius 3 is 2.53 bits per heavy atom. The zero-order valence-electron chi connectivity index (χ0n) is 11.5. The van der Waals surface area contributed by atoms with Crippen molar-refractivity contribution in [2.24, 2.45) is 0 Å². The highest BCUT2D eigenvalue weighted by molar-refractivity contribution is 5.83. The minimum atomic E-state index is -0.368. The fourth-order valence-corrected chi connectivity index (χ4v) is 2.01. The minimum absolute atomic E-state index is 0.165. The van der Waals surface area contributed by atoms with Gasteiger partial charge in [-0.1, -0.05) is 20.8 Å². The fourth-order valence-electron chi connectivity index (χ4n) is 2.01. The zero-order valence-corrected chi connectivity index (χ0v) is 11.5. The third kappa shape index (κ3) is 2.45. The molecule has 0 unspecified atom stereocenters. The Labute approximate surface area is 112 Å². The average Bonchev–Trinajstić information content (AvgIpc) is 2.66. The fraction of sp³-hybridized carbons (Fsp3) is 0.333. The number of hydrogen-bond acceptors (Lipinski definition) is 3. The molecule has 0 aliphatic carbocycles. The van der Waals surface area contributed by atoms with E-state index in [1.165, 1.54) is 6.92 Å². The van der Waals surface area contributed by atoms with Gasteiger partial charge in [-0.2, -0.15) is 9.99 Å². The Balaban J connectivity index is 2.73. The lowest BCUT2D eigenvalue weighted by molar-refractivity contribution is -0.141. The molecule has 19 heavy (non-hydrogen) atoms. The van der Waals surface area contributed by atoms with Crippen molar-refractivity contribution in [3.05, 3.63) is 35.5 Å². The third-order valence-electron chi connectivity index (χ3n) is 2.87. The van der Waals surface area contributed by atoms with E-state index in [0.29, 0.717) is 5.56 Å². The van der Waals surface area contributed by atoms with Crippen molar-refractivity contribution in [2.45, 2.75) is 33.1 Å². The van der Waals surface area contributed by atoms with Gasteiger partial charge in [0.15, 0.2) is 0 Å². The lowest BCUT2D eigenvalue weighted by Crippen LogP contribution is -2.24. The van der Waals surface area contributed by atoms with Crippen molar-refractivity contribution >= 4 is 16.9 Å². The van der Waals surface area contributed by atoms with Gasteiger partial charge in [-0.15, -0.1) is 0 Å². The molecule has 1 heterocycles. The van der Waals surface area contributed by atoms with E-state index in [-0.39, 0.29) is 11.4 Å². The molecule has 2 aromatic rings. The van der Waals surface area contributed by atoms with E-state index in [9.17, 15) is 4.79 Å². The van der Waals surface area contributed by atoms with Gasteiger partial charge < -0.3 is 4.84 Å². The van der Waals surface area contributed by atoms with Crippen molar-refractivity contribution in [2.75, 3.05) is 0 Å². The summed E-state index contributed by atoms with van der Waals surface area (Å²) in [6.07, 6.45) is 0. The number of carbonyl (C=O) groups is 1. The summed E-state index contributed by atoms with van der Waals surface area (Å²) in [5, 5.41) is 9.83. The average molecular weight is 256 g/mol. The van der Waals surface area contributed by atoms with Crippen LogP contribution in [0.15, 0.2) is 24.3 Å². The molecule has 2 rings (SSSR count). The molecule has 98 valence electrons. The lowest BCUT2D eigenvalue weighted by Gasteiger charge is -2.20. The predicted octanol–water partition coefficient (Wildman–Crippen LogP) is 2.79. The second-order valence-corrected chi connectivity index (χ2v) is 5.54. The maximum absolute atomic E-state index is 11.3. The highest BCUT2D eigenvalue weighted by atomic mass is 16.7. The molecule has 0 aliphatic heterocycles. The van der Waals surface area contributed by atoms with Gasteiger partial charge >= 0.3 is 5.97 Å². The van der Waals surface area contributed by atoms with Crippen molar-refractivity contribution in [3.8, 4) is 6.07 Å². The van der Waals surface area contributed by atoms with Gasteiger partial charge in [-0.05, 0) is 24.3 Å². The summed E-state index contributed by atoms with van der Waals surface area (Å²) < 4.78 is 1.55. The van der Waals surface area contributed by atoms with Crippen molar-refractivity contribution in [1.29, 1.82) is 5.26 Å². The standard InChI is InChI=1S/C15H16N2O2/c1-10(18)19-17-13-6-5-11(9-16)7-12(13)8-14(17)15(2,3)4/h5-8H,1-4H3. The minimum Gasteiger partial charge on any atom is -0.337 e. The Bertz CT molecular complexity index is 684. The third-order valence-corrected chi connectivity index (χ3v) is 2.87. The summed E-state index contributed by atoms with van der Waals surface area (Å²) in [7, 11) is 0. The maximum atomic E-state index is 11.3. The first kappa shape index (κ1) is 13.2. The first-order valence-corrected chi connectivity index (χ1v) is 6.08. The molecule has 0 N–H and O–H groups in total. The summed E-state index contributed by atoms with van der Waals surface area (Å²) in [4.78, 5) is 16.6. The molecule has 0 saturated carbocycles. The second-order valence-electron chi connectivity index (χ2n) is 5.54. The molecule has 0 aliphatic rings. The van der Waals surface area contributed by atoms with Crippen LogP contribution in [0.1, 0.15) is 39.0 Å². The van der Waals surface area contributed by atoms with Crippen LogP contribution in [-0.2, 0) is 10.2 Å². The Morgan fingerprint density at radius 1 is 1.32 bits per heavy atom. The molecule has 0 saturated heterocycles. The number of rotatable bonds is 1. The number of carbonyl (C=O) groups excluding carboxylic acids is 1. The summed E-state index contributed by atoms with van der Waals surface area (Å²) in [5.41, 5.74) is 2.11. The molecular weight excluding hydrogens is 240 g/mol. The molecular formula is C15H16N2O2. The van der Waals surface area contributed by atoms with E-state index in [1.807, 2.05) is 26.8 Å². The molecule has 0 atom stereocenters. The predicted molar refractivity (Wildman–Crippen MR) is 72.6 cm³/mol. The Kier molecular flexibility index (Phi) is 3.07. The number of hydrogen-bond donors (Lipinski definition) is 0. The van der Waals surface area contributed by atoms with Crippen LogP contribution in [0.3, 0.4) is 0 Å². The van der Waals surface area contributed by atoms with E-state index in [1.54, 1.807) is 22.9 Å². The van der Waals surface area contributed by atoms with Gasteiger partial charge in [-0.3, -0.25) is 0 Å². The lowest BCUT2D eigenvalue weighted by atomic mass is 9.92.